The van der Waals surface area contributed by atoms with Crippen LogP contribution in [0.25, 0.3) is 0 Å². The Morgan fingerprint density at radius 1 is 0.974 bits per heavy atom. The van der Waals surface area contributed by atoms with Crippen LogP contribution in [0, 0.1) is 11.8 Å². The summed E-state index contributed by atoms with van der Waals surface area (Å²) in [5.74, 6) is 0.361. The quantitative estimate of drug-likeness (QED) is 0.162. The number of hydrogen-bond donors (Lipinski definition) is 0. The number of unbranched alkanes of at least 4 members (excludes halogenated alkanes) is 1. The van der Waals surface area contributed by atoms with Crippen LogP contribution in [0.4, 0.5) is 0 Å². The van der Waals surface area contributed by atoms with Crippen LogP contribution in [0.2, 0.25) is 0 Å². The lowest BCUT2D eigenvalue weighted by molar-refractivity contribution is -0.154. The average molecular weight is 542 g/mol. The molecule has 0 aliphatic carbocycles. The van der Waals surface area contributed by atoms with Crippen molar-refractivity contribution in [1.82, 2.24) is 4.90 Å². The van der Waals surface area contributed by atoms with Crippen LogP contribution in [0.15, 0.2) is 48.1 Å². The molecule has 3 unspecified atom stereocenters. The van der Waals surface area contributed by atoms with Crippen molar-refractivity contribution in [2.75, 3.05) is 14.1 Å². The Morgan fingerprint density at radius 2 is 1.69 bits per heavy atom. The molecule has 39 heavy (non-hydrogen) atoms. The highest BCUT2D eigenvalue weighted by Gasteiger charge is 2.32. The third-order valence-electron chi connectivity index (χ3n) is 8.10. The molecule has 0 N–H and O–H groups in total. The molecular formula is C33H51NO5. The summed E-state index contributed by atoms with van der Waals surface area (Å²) >= 11 is 0. The molecule has 4 bridgehead atoms. The molecule has 3 aliphatic rings. The van der Waals surface area contributed by atoms with Crippen molar-refractivity contribution in [1.29, 1.82) is 0 Å². The van der Waals surface area contributed by atoms with Crippen molar-refractivity contribution < 1.29 is 23.8 Å². The van der Waals surface area contributed by atoms with Crippen LogP contribution >= 0.6 is 0 Å². The van der Waals surface area contributed by atoms with Gasteiger partial charge in [-0.15, -0.1) is 0 Å². The monoisotopic (exact) mass is 541 g/mol. The maximum atomic E-state index is 13.1. The van der Waals surface area contributed by atoms with Gasteiger partial charge in [0.2, 0.25) is 5.91 Å². The summed E-state index contributed by atoms with van der Waals surface area (Å²) in [6, 6.07) is 0. The zero-order valence-electron chi connectivity index (χ0n) is 24.8. The predicted molar refractivity (Wildman–Crippen MR) is 156 cm³/mol. The zero-order chi connectivity index (χ0) is 28.2. The third kappa shape index (κ3) is 11.1. The summed E-state index contributed by atoms with van der Waals surface area (Å²) < 4.78 is 19.0. The summed E-state index contributed by atoms with van der Waals surface area (Å²) in [5.41, 5.74) is 1.36. The van der Waals surface area contributed by atoms with Gasteiger partial charge in [0.15, 0.2) is 0 Å². The van der Waals surface area contributed by atoms with Gasteiger partial charge in [-0.3, -0.25) is 9.59 Å². The number of esters is 1. The van der Waals surface area contributed by atoms with Gasteiger partial charge in [0.25, 0.3) is 0 Å². The molecule has 0 radical (unpaired) electrons. The van der Waals surface area contributed by atoms with E-state index in [-0.39, 0.29) is 48.6 Å². The van der Waals surface area contributed by atoms with E-state index < -0.39 is 0 Å². The summed E-state index contributed by atoms with van der Waals surface area (Å²) in [4.78, 5) is 26.5. The fraction of sp³-hybridized carbons (Fsp3) is 0.697. The zero-order valence-corrected chi connectivity index (χ0v) is 24.8. The SMILES string of the molecule is C/C=C1\CC2CC(=O)OC(/C=C/C=C\CCCC(=O)N(C)C)[C@@H](C)/C=C/[C@H](C)C[C@H]3CCCC(C[C@@H](C1)O2)O3. The molecule has 0 spiro atoms. The van der Waals surface area contributed by atoms with E-state index in [4.69, 9.17) is 14.2 Å². The fourth-order valence-electron chi connectivity index (χ4n) is 5.77. The number of rotatable bonds is 6. The van der Waals surface area contributed by atoms with Crippen LogP contribution in [0.3, 0.4) is 0 Å². The van der Waals surface area contributed by atoms with E-state index in [2.05, 4.69) is 45.1 Å². The normalized spacial score (nSPS) is 34.7. The topological polar surface area (TPSA) is 65.1 Å². The number of cyclic esters (lactones) is 1. The lowest BCUT2D eigenvalue weighted by Gasteiger charge is -2.37. The number of carbonyl (C=O) groups excluding carboxylic acids is 2. The Balaban J connectivity index is 1.69. The van der Waals surface area contributed by atoms with Gasteiger partial charge in [0.05, 0.1) is 30.8 Å². The van der Waals surface area contributed by atoms with Gasteiger partial charge in [-0.25, -0.2) is 0 Å². The number of hydrogen-bond acceptors (Lipinski definition) is 5. The molecule has 3 heterocycles. The summed E-state index contributed by atoms with van der Waals surface area (Å²) in [5, 5.41) is 0. The second-order valence-electron chi connectivity index (χ2n) is 11.9. The third-order valence-corrected chi connectivity index (χ3v) is 8.10. The highest BCUT2D eigenvalue weighted by molar-refractivity contribution is 5.75. The van der Waals surface area contributed by atoms with Gasteiger partial charge < -0.3 is 19.1 Å². The lowest BCUT2D eigenvalue weighted by Crippen LogP contribution is -2.37. The second kappa shape index (κ2) is 16.2. The molecule has 2 fully saturated rings. The first-order valence-corrected chi connectivity index (χ1v) is 15.1. The second-order valence-corrected chi connectivity index (χ2v) is 11.9. The molecule has 0 saturated carbocycles. The van der Waals surface area contributed by atoms with Gasteiger partial charge in [0, 0.05) is 32.9 Å². The molecule has 3 aliphatic heterocycles. The molecule has 1 amide bonds. The Hall–Kier alpha value is -2.18. The van der Waals surface area contributed by atoms with Gasteiger partial charge in [-0.1, -0.05) is 55.9 Å². The van der Waals surface area contributed by atoms with Crippen LogP contribution < -0.4 is 0 Å². The summed E-state index contributed by atoms with van der Waals surface area (Å²) in [7, 11) is 3.57. The Labute approximate surface area is 236 Å². The van der Waals surface area contributed by atoms with Gasteiger partial charge >= 0.3 is 5.97 Å². The number of ether oxygens (including phenoxy) is 3. The predicted octanol–water partition coefficient (Wildman–Crippen LogP) is 6.71. The summed E-state index contributed by atoms with van der Waals surface area (Å²) in [6.45, 7) is 6.42. The highest BCUT2D eigenvalue weighted by atomic mass is 16.5. The maximum absolute atomic E-state index is 13.1. The van der Waals surface area contributed by atoms with Crippen LogP contribution in [0.5, 0.6) is 0 Å². The van der Waals surface area contributed by atoms with E-state index in [1.165, 1.54) is 12.0 Å². The molecule has 0 aromatic carbocycles. The van der Waals surface area contributed by atoms with E-state index >= 15 is 0 Å². The number of allylic oxidation sites excluding steroid dienone is 5. The minimum Gasteiger partial charge on any atom is -0.457 e. The molecule has 7 atom stereocenters. The minimum atomic E-state index is -0.357. The van der Waals surface area contributed by atoms with E-state index in [9.17, 15) is 9.59 Å². The first kappa shape index (κ1) is 31.3. The number of carbonyl (C=O) groups is 2. The first-order valence-electron chi connectivity index (χ1n) is 15.1. The largest absolute Gasteiger partial charge is 0.457 e. The van der Waals surface area contributed by atoms with E-state index in [1.807, 2.05) is 18.2 Å². The molecule has 3 rings (SSSR count). The van der Waals surface area contributed by atoms with Gasteiger partial charge in [-0.2, -0.15) is 0 Å². The number of amides is 1. The van der Waals surface area contributed by atoms with Crippen LogP contribution in [-0.4, -0.2) is 61.4 Å². The Bertz CT molecular complexity index is 904. The first-order chi connectivity index (χ1) is 18.7. The average Bonchev–Trinajstić information content (AvgIpc) is 2.89. The van der Waals surface area contributed by atoms with Crippen molar-refractivity contribution in [3.63, 3.8) is 0 Å². The fourth-order valence-corrected chi connectivity index (χ4v) is 5.77. The van der Waals surface area contributed by atoms with Crippen molar-refractivity contribution in [2.24, 2.45) is 11.8 Å². The number of nitrogens with zero attached hydrogens (tertiary/aromatic N) is 1. The van der Waals surface area contributed by atoms with Crippen LogP contribution in [0.1, 0.15) is 91.4 Å². The van der Waals surface area contributed by atoms with E-state index in [0.717, 1.165) is 51.4 Å². The Morgan fingerprint density at radius 3 is 2.44 bits per heavy atom. The van der Waals surface area contributed by atoms with Crippen molar-refractivity contribution in [3.8, 4) is 0 Å². The van der Waals surface area contributed by atoms with E-state index in [1.54, 1.807) is 19.0 Å². The smallest absolute Gasteiger partial charge is 0.309 e. The number of fused-ring (bicyclic) bond motifs is 4. The van der Waals surface area contributed by atoms with Gasteiger partial charge in [-0.05, 0) is 70.3 Å². The molecular weight excluding hydrogens is 490 g/mol. The summed E-state index contributed by atoms with van der Waals surface area (Å²) in [6.07, 6.45) is 24.2. The molecule has 0 aromatic rings. The van der Waals surface area contributed by atoms with Crippen molar-refractivity contribution >= 4 is 11.9 Å². The standard InChI is InChI=1S/C33H51NO5/c1-6-26-20-29-22-28-14-12-13-27(37-28)19-24(2)17-18-25(3)31(39-33(36)23-30(21-26)38-29)15-10-8-7-9-11-16-32(35)34(4)5/h6-8,10,15,17-18,24-25,27-31H,9,11-14,16,19-23H2,1-5H3/b8-7-,15-10+,18-17+,26-6-/t24-,25-,27+,28?,29+,30?,31?/m0/s1. The lowest BCUT2D eigenvalue weighted by atomic mass is 9.90. The maximum Gasteiger partial charge on any atom is 0.309 e. The molecule has 0 aromatic heterocycles. The molecule has 218 valence electrons. The Kier molecular flexibility index (Phi) is 13.0. The van der Waals surface area contributed by atoms with Crippen LogP contribution in [-0.2, 0) is 23.8 Å². The highest BCUT2D eigenvalue weighted by Crippen LogP contribution is 2.33. The van der Waals surface area contributed by atoms with Gasteiger partial charge in [0.1, 0.15) is 6.10 Å². The van der Waals surface area contributed by atoms with Crippen molar-refractivity contribution in [3.05, 3.63) is 48.1 Å². The molecule has 2 saturated heterocycles. The molecule has 6 nitrogen and oxygen atoms in total. The van der Waals surface area contributed by atoms with E-state index in [0.29, 0.717) is 18.4 Å². The molecule has 6 heteroatoms. The minimum absolute atomic E-state index is 0.0396. The van der Waals surface area contributed by atoms with Crippen molar-refractivity contribution in [2.45, 2.75) is 122 Å².